The molecule has 1 aromatic rings. The van der Waals surface area contributed by atoms with Crippen molar-refractivity contribution in [1.82, 2.24) is 4.90 Å². The third-order valence-electron chi connectivity index (χ3n) is 2.95. The van der Waals surface area contributed by atoms with Crippen LogP contribution in [-0.4, -0.2) is 36.1 Å². The van der Waals surface area contributed by atoms with E-state index in [4.69, 9.17) is 5.11 Å². The van der Waals surface area contributed by atoms with Crippen molar-refractivity contribution in [3.05, 3.63) is 35.9 Å². The number of carboxylic acid groups (broad SMARTS) is 1. The molecule has 3 heteroatoms. The number of likely N-dealkylation sites (N-methyl/N-ethyl adjacent to an activating group) is 1. The lowest BCUT2D eigenvalue weighted by Crippen LogP contribution is -2.31. The van der Waals surface area contributed by atoms with Gasteiger partial charge in [-0.25, -0.2) is 0 Å². The van der Waals surface area contributed by atoms with Gasteiger partial charge in [0.25, 0.3) is 0 Å². The van der Waals surface area contributed by atoms with Gasteiger partial charge < -0.3 is 5.11 Å². The highest BCUT2D eigenvalue weighted by Crippen LogP contribution is 2.24. The van der Waals surface area contributed by atoms with Crippen LogP contribution in [-0.2, 0) is 4.79 Å². The van der Waals surface area contributed by atoms with Crippen molar-refractivity contribution in [2.24, 2.45) is 5.92 Å². The van der Waals surface area contributed by atoms with Crippen LogP contribution < -0.4 is 0 Å². The first kappa shape index (κ1) is 13.7. The lowest BCUT2D eigenvalue weighted by molar-refractivity contribution is -0.138. The highest BCUT2D eigenvalue weighted by molar-refractivity contribution is 5.69. The third-order valence-corrected chi connectivity index (χ3v) is 2.95. The molecule has 0 radical (unpaired) electrons. The minimum absolute atomic E-state index is 0.0933. The van der Waals surface area contributed by atoms with Gasteiger partial charge in [-0.05, 0) is 24.4 Å². The summed E-state index contributed by atoms with van der Waals surface area (Å²) in [7, 11) is 1.85. The first-order valence-corrected chi connectivity index (χ1v) is 5.96. The smallest absolute Gasteiger partial charge is 0.317 e. The van der Waals surface area contributed by atoms with Crippen molar-refractivity contribution in [1.29, 1.82) is 0 Å². The molecule has 0 aromatic heterocycles. The number of benzene rings is 1. The molecule has 1 rings (SSSR count). The van der Waals surface area contributed by atoms with Crippen LogP contribution in [0.3, 0.4) is 0 Å². The molecule has 1 atom stereocenters. The molecule has 1 N–H and O–H groups in total. The molecule has 0 amide bonds. The van der Waals surface area contributed by atoms with Crippen molar-refractivity contribution < 1.29 is 9.90 Å². The Hall–Kier alpha value is -1.35. The number of hydrogen-bond donors (Lipinski definition) is 1. The van der Waals surface area contributed by atoms with E-state index in [9.17, 15) is 4.79 Å². The van der Waals surface area contributed by atoms with Gasteiger partial charge in [0.2, 0.25) is 0 Å². The molecular formula is C14H21NO2. The zero-order valence-corrected chi connectivity index (χ0v) is 10.8. The maximum Gasteiger partial charge on any atom is 0.317 e. The Bertz CT molecular complexity index is 348. The van der Waals surface area contributed by atoms with E-state index in [0.29, 0.717) is 11.8 Å². The van der Waals surface area contributed by atoms with Gasteiger partial charge in [0, 0.05) is 6.54 Å². The van der Waals surface area contributed by atoms with Gasteiger partial charge in [-0.1, -0.05) is 44.2 Å². The average molecular weight is 235 g/mol. The Balaban J connectivity index is 2.71. The van der Waals surface area contributed by atoms with E-state index in [1.54, 1.807) is 0 Å². The first-order chi connectivity index (χ1) is 8.00. The van der Waals surface area contributed by atoms with Gasteiger partial charge in [0.05, 0.1) is 6.54 Å². The summed E-state index contributed by atoms with van der Waals surface area (Å²) in [6, 6.07) is 10.3. The second-order valence-corrected chi connectivity index (χ2v) is 4.85. The molecule has 0 saturated carbocycles. The van der Waals surface area contributed by atoms with Crippen LogP contribution in [0.2, 0.25) is 0 Å². The molecule has 0 heterocycles. The van der Waals surface area contributed by atoms with E-state index < -0.39 is 5.97 Å². The maximum atomic E-state index is 10.7. The molecule has 17 heavy (non-hydrogen) atoms. The van der Waals surface area contributed by atoms with E-state index in [0.717, 1.165) is 6.54 Å². The predicted octanol–water partition coefficient (Wildman–Crippen LogP) is 2.44. The average Bonchev–Trinajstić information content (AvgIpc) is 2.25. The van der Waals surface area contributed by atoms with Crippen molar-refractivity contribution >= 4 is 5.97 Å². The van der Waals surface area contributed by atoms with Crippen LogP contribution in [0.5, 0.6) is 0 Å². The Kier molecular flexibility index (Phi) is 5.16. The van der Waals surface area contributed by atoms with Gasteiger partial charge in [-0.2, -0.15) is 0 Å². The quantitative estimate of drug-likeness (QED) is 0.823. The largest absolute Gasteiger partial charge is 0.480 e. The van der Waals surface area contributed by atoms with Gasteiger partial charge in [0.1, 0.15) is 0 Å². The predicted molar refractivity (Wildman–Crippen MR) is 69.2 cm³/mol. The summed E-state index contributed by atoms with van der Waals surface area (Å²) in [6.45, 7) is 5.21. The molecular weight excluding hydrogens is 214 g/mol. The van der Waals surface area contributed by atoms with Crippen LogP contribution in [0.1, 0.15) is 25.3 Å². The van der Waals surface area contributed by atoms with Gasteiger partial charge >= 0.3 is 5.97 Å². The van der Waals surface area contributed by atoms with Gasteiger partial charge in [-0.3, -0.25) is 9.69 Å². The topological polar surface area (TPSA) is 40.5 Å². The monoisotopic (exact) mass is 235 g/mol. The molecule has 1 unspecified atom stereocenters. The maximum absolute atomic E-state index is 10.7. The van der Waals surface area contributed by atoms with Crippen molar-refractivity contribution in [2.75, 3.05) is 20.1 Å². The standard InChI is InChI=1S/C14H21NO2/c1-11(2)13(9-15(3)10-14(16)17)12-7-5-4-6-8-12/h4-8,11,13H,9-10H2,1-3H3,(H,16,17). The summed E-state index contributed by atoms with van der Waals surface area (Å²) in [4.78, 5) is 12.5. The molecule has 94 valence electrons. The molecule has 0 bridgehead atoms. The van der Waals surface area contributed by atoms with E-state index in [2.05, 4.69) is 26.0 Å². The zero-order valence-electron chi connectivity index (χ0n) is 10.8. The zero-order chi connectivity index (χ0) is 12.8. The second-order valence-electron chi connectivity index (χ2n) is 4.85. The molecule has 0 saturated heterocycles. The summed E-state index contributed by atoms with van der Waals surface area (Å²) in [5, 5.41) is 8.76. The third kappa shape index (κ3) is 4.57. The van der Waals surface area contributed by atoms with Crippen LogP contribution in [0, 0.1) is 5.92 Å². The second kappa shape index (κ2) is 6.40. The fourth-order valence-electron chi connectivity index (χ4n) is 2.03. The van der Waals surface area contributed by atoms with Crippen molar-refractivity contribution in [3.8, 4) is 0 Å². The molecule has 3 nitrogen and oxygen atoms in total. The van der Waals surface area contributed by atoms with Gasteiger partial charge in [-0.15, -0.1) is 0 Å². The molecule has 1 aromatic carbocycles. The number of hydrogen-bond acceptors (Lipinski definition) is 2. The number of rotatable bonds is 6. The number of carboxylic acids is 1. The number of nitrogens with zero attached hydrogens (tertiary/aromatic N) is 1. The molecule has 0 aliphatic rings. The number of aliphatic carboxylic acids is 1. The first-order valence-electron chi connectivity index (χ1n) is 5.96. The van der Waals surface area contributed by atoms with Crippen LogP contribution in [0.4, 0.5) is 0 Å². The summed E-state index contributed by atoms with van der Waals surface area (Å²) in [6.07, 6.45) is 0. The Morgan fingerprint density at radius 3 is 2.35 bits per heavy atom. The summed E-state index contributed by atoms with van der Waals surface area (Å²) >= 11 is 0. The summed E-state index contributed by atoms with van der Waals surface area (Å²) < 4.78 is 0. The lowest BCUT2D eigenvalue weighted by Gasteiger charge is -2.26. The fraction of sp³-hybridized carbons (Fsp3) is 0.500. The van der Waals surface area contributed by atoms with E-state index >= 15 is 0 Å². The highest BCUT2D eigenvalue weighted by Gasteiger charge is 2.18. The van der Waals surface area contributed by atoms with E-state index in [-0.39, 0.29) is 6.54 Å². The van der Waals surface area contributed by atoms with E-state index in [1.807, 2.05) is 30.1 Å². The van der Waals surface area contributed by atoms with Crippen LogP contribution in [0.15, 0.2) is 30.3 Å². The molecule has 0 aliphatic heterocycles. The minimum atomic E-state index is -0.775. The number of carbonyl (C=O) groups is 1. The molecule has 0 fully saturated rings. The van der Waals surface area contributed by atoms with Gasteiger partial charge in [0.15, 0.2) is 0 Å². The Labute approximate surface area is 103 Å². The Morgan fingerprint density at radius 2 is 1.88 bits per heavy atom. The van der Waals surface area contributed by atoms with Crippen LogP contribution in [0.25, 0.3) is 0 Å². The van der Waals surface area contributed by atoms with Crippen LogP contribution >= 0.6 is 0 Å². The normalized spacial score (nSPS) is 13.0. The lowest BCUT2D eigenvalue weighted by atomic mass is 9.88. The highest BCUT2D eigenvalue weighted by atomic mass is 16.4. The van der Waals surface area contributed by atoms with Crippen molar-refractivity contribution in [2.45, 2.75) is 19.8 Å². The molecule has 0 aliphatic carbocycles. The molecule has 0 spiro atoms. The van der Waals surface area contributed by atoms with Crippen molar-refractivity contribution in [3.63, 3.8) is 0 Å². The summed E-state index contributed by atoms with van der Waals surface area (Å²) in [5.74, 6) is 0.0947. The van der Waals surface area contributed by atoms with E-state index in [1.165, 1.54) is 5.56 Å². The fourth-order valence-corrected chi connectivity index (χ4v) is 2.03. The minimum Gasteiger partial charge on any atom is -0.480 e. The SMILES string of the molecule is CC(C)C(CN(C)CC(=O)O)c1ccccc1. The summed E-state index contributed by atoms with van der Waals surface area (Å²) in [5.41, 5.74) is 1.28. The Morgan fingerprint density at radius 1 is 1.29 bits per heavy atom.